The van der Waals surface area contributed by atoms with Crippen molar-refractivity contribution in [1.82, 2.24) is 9.97 Å². The summed E-state index contributed by atoms with van der Waals surface area (Å²) in [6.07, 6.45) is 4.07. The van der Waals surface area contributed by atoms with Gasteiger partial charge in [-0.1, -0.05) is 0 Å². The predicted octanol–water partition coefficient (Wildman–Crippen LogP) is 0.749. The third-order valence-corrected chi connectivity index (χ3v) is 5.31. The number of carboxylic acid groups (broad SMARTS) is 1. The van der Waals surface area contributed by atoms with Crippen molar-refractivity contribution >= 4 is 29.3 Å². The molecule has 142 valence electrons. The van der Waals surface area contributed by atoms with E-state index in [1.165, 1.54) is 13.4 Å². The summed E-state index contributed by atoms with van der Waals surface area (Å²) in [5.41, 5.74) is 6.86. The minimum absolute atomic E-state index is 0.0752. The first-order valence-electron chi connectivity index (χ1n) is 8.92. The molecule has 3 heterocycles. The quantitative estimate of drug-likeness (QED) is 0.746. The van der Waals surface area contributed by atoms with E-state index < -0.39 is 5.97 Å². The second kappa shape index (κ2) is 7.76. The number of aromatic nitrogens is 2. The van der Waals surface area contributed by atoms with E-state index in [0.29, 0.717) is 69.2 Å². The number of nitrogens with two attached hydrogens (primary N) is 1. The predicted molar refractivity (Wildman–Crippen MR) is 96.0 cm³/mol. The van der Waals surface area contributed by atoms with Gasteiger partial charge in [-0.25, -0.2) is 9.97 Å². The molecule has 1 aromatic heterocycles. The zero-order valence-electron chi connectivity index (χ0n) is 14.9. The van der Waals surface area contributed by atoms with Crippen LogP contribution in [0, 0.1) is 11.8 Å². The van der Waals surface area contributed by atoms with E-state index >= 15 is 0 Å². The molecular formula is C17H25N5O4. The summed E-state index contributed by atoms with van der Waals surface area (Å²) in [5.74, 6) is 0.0596. The second-order valence-corrected chi connectivity index (χ2v) is 6.82. The number of rotatable bonds is 4. The summed E-state index contributed by atoms with van der Waals surface area (Å²) in [6, 6.07) is 0. The number of esters is 1. The lowest BCUT2D eigenvalue weighted by Gasteiger charge is -2.35. The maximum atomic E-state index is 11.7. The van der Waals surface area contributed by atoms with Gasteiger partial charge in [-0.3, -0.25) is 9.59 Å². The highest BCUT2D eigenvalue weighted by molar-refractivity contribution is 5.77. The van der Waals surface area contributed by atoms with Gasteiger partial charge < -0.3 is 25.4 Å². The van der Waals surface area contributed by atoms with Crippen LogP contribution in [0.25, 0.3) is 0 Å². The molecule has 0 aromatic carbocycles. The minimum atomic E-state index is -0.741. The van der Waals surface area contributed by atoms with Crippen molar-refractivity contribution in [3.05, 3.63) is 6.33 Å². The molecule has 2 saturated heterocycles. The zero-order valence-corrected chi connectivity index (χ0v) is 14.9. The SMILES string of the molecule is COC(=O)C1CCN(c2ncnc(N3CCC(C(=O)O)CC3)c2N)CC1. The highest BCUT2D eigenvalue weighted by atomic mass is 16.5. The van der Waals surface area contributed by atoms with Gasteiger partial charge in [0.15, 0.2) is 11.6 Å². The molecule has 0 spiro atoms. The fourth-order valence-electron chi connectivity index (χ4n) is 3.71. The summed E-state index contributed by atoms with van der Waals surface area (Å²) < 4.78 is 4.82. The van der Waals surface area contributed by atoms with Gasteiger partial charge in [0.05, 0.1) is 18.9 Å². The standard InChI is InChI=1S/C17H25N5O4/c1-26-17(25)12-4-8-22(9-5-12)15-13(18)14(19-10-20-15)21-6-2-11(3-7-21)16(23)24/h10-12H,2-9,18H2,1H3,(H,23,24). The van der Waals surface area contributed by atoms with Gasteiger partial charge >= 0.3 is 11.9 Å². The molecule has 1 aromatic rings. The average molecular weight is 363 g/mol. The Labute approximate surface area is 152 Å². The van der Waals surface area contributed by atoms with Crippen LogP contribution in [0.3, 0.4) is 0 Å². The number of hydrogen-bond donors (Lipinski definition) is 2. The molecule has 26 heavy (non-hydrogen) atoms. The first-order chi connectivity index (χ1) is 12.5. The molecule has 9 heteroatoms. The molecular weight excluding hydrogens is 338 g/mol. The molecule has 0 bridgehead atoms. The Morgan fingerprint density at radius 3 is 1.92 bits per heavy atom. The average Bonchev–Trinajstić information content (AvgIpc) is 2.68. The fourth-order valence-corrected chi connectivity index (χ4v) is 3.71. The number of anilines is 3. The van der Waals surface area contributed by atoms with Crippen LogP contribution in [0.15, 0.2) is 6.33 Å². The monoisotopic (exact) mass is 363 g/mol. The van der Waals surface area contributed by atoms with Crippen LogP contribution >= 0.6 is 0 Å². The number of hydrogen-bond acceptors (Lipinski definition) is 8. The van der Waals surface area contributed by atoms with Crippen molar-refractivity contribution in [2.24, 2.45) is 11.8 Å². The zero-order chi connectivity index (χ0) is 18.7. The number of carbonyl (C=O) groups excluding carboxylic acids is 1. The normalized spacial score (nSPS) is 19.4. The first-order valence-corrected chi connectivity index (χ1v) is 8.92. The van der Waals surface area contributed by atoms with Gasteiger partial charge in [-0.15, -0.1) is 0 Å². The van der Waals surface area contributed by atoms with Crippen molar-refractivity contribution in [2.75, 3.05) is 48.8 Å². The molecule has 0 amide bonds. The van der Waals surface area contributed by atoms with Crippen LogP contribution in [-0.2, 0) is 14.3 Å². The third-order valence-electron chi connectivity index (χ3n) is 5.31. The molecule has 0 saturated carbocycles. The number of ether oxygens (including phenoxy) is 1. The van der Waals surface area contributed by atoms with Crippen LogP contribution in [0.4, 0.5) is 17.3 Å². The Balaban J connectivity index is 1.69. The van der Waals surface area contributed by atoms with Crippen molar-refractivity contribution < 1.29 is 19.4 Å². The number of carboxylic acids is 1. The smallest absolute Gasteiger partial charge is 0.308 e. The number of aliphatic carboxylic acids is 1. The Morgan fingerprint density at radius 2 is 1.50 bits per heavy atom. The molecule has 2 aliphatic rings. The van der Waals surface area contributed by atoms with E-state index in [0.717, 1.165) is 0 Å². The summed E-state index contributed by atoms with van der Waals surface area (Å²) in [6.45, 7) is 2.59. The van der Waals surface area contributed by atoms with Crippen molar-refractivity contribution in [3.8, 4) is 0 Å². The van der Waals surface area contributed by atoms with Gasteiger partial charge in [0.2, 0.25) is 0 Å². The highest BCUT2D eigenvalue weighted by Gasteiger charge is 2.30. The van der Waals surface area contributed by atoms with Crippen LogP contribution < -0.4 is 15.5 Å². The molecule has 0 unspecified atom stereocenters. The summed E-state index contributed by atoms with van der Waals surface area (Å²) in [7, 11) is 1.41. The number of piperidine rings is 2. The lowest BCUT2D eigenvalue weighted by atomic mass is 9.96. The number of nitrogens with zero attached hydrogens (tertiary/aromatic N) is 4. The molecule has 3 rings (SSSR count). The molecule has 0 atom stereocenters. The topological polar surface area (TPSA) is 122 Å². The molecule has 0 aliphatic carbocycles. The second-order valence-electron chi connectivity index (χ2n) is 6.82. The van der Waals surface area contributed by atoms with E-state index in [1.54, 1.807) is 0 Å². The lowest BCUT2D eigenvalue weighted by Crippen LogP contribution is -2.39. The third kappa shape index (κ3) is 3.66. The van der Waals surface area contributed by atoms with Crippen LogP contribution in [0.2, 0.25) is 0 Å². The largest absolute Gasteiger partial charge is 0.481 e. The van der Waals surface area contributed by atoms with Crippen molar-refractivity contribution in [2.45, 2.75) is 25.7 Å². The minimum Gasteiger partial charge on any atom is -0.481 e. The molecule has 2 aliphatic heterocycles. The van der Waals surface area contributed by atoms with E-state index in [-0.39, 0.29) is 17.8 Å². The Bertz CT molecular complexity index is 667. The maximum absolute atomic E-state index is 11.7. The Hall–Kier alpha value is -2.58. The summed E-state index contributed by atoms with van der Waals surface area (Å²) in [5, 5.41) is 9.13. The van der Waals surface area contributed by atoms with Crippen LogP contribution in [0.5, 0.6) is 0 Å². The van der Waals surface area contributed by atoms with Crippen LogP contribution in [0.1, 0.15) is 25.7 Å². The van der Waals surface area contributed by atoms with E-state index in [4.69, 9.17) is 15.6 Å². The lowest BCUT2D eigenvalue weighted by molar-refractivity contribution is -0.146. The van der Waals surface area contributed by atoms with E-state index in [9.17, 15) is 9.59 Å². The molecule has 0 radical (unpaired) electrons. The first kappa shape index (κ1) is 18.2. The van der Waals surface area contributed by atoms with Crippen molar-refractivity contribution in [3.63, 3.8) is 0 Å². The van der Waals surface area contributed by atoms with Gasteiger partial charge in [0, 0.05) is 26.2 Å². The molecule has 9 nitrogen and oxygen atoms in total. The van der Waals surface area contributed by atoms with Crippen molar-refractivity contribution in [1.29, 1.82) is 0 Å². The fraction of sp³-hybridized carbons (Fsp3) is 0.647. The summed E-state index contributed by atoms with van der Waals surface area (Å²) >= 11 is 0. The highest BCUT2D eigenvalue weighted by Crippen LogP contribution is 2.33. The number of nitrogen functional groups attached to an aromatic ring is 1. The van der Waals surface area contributed by atoms with E-state index in [2.05, 4.69) is 14.9 Å². The number of methoxy groups -OCH3 is 1. The van der Waals surface area contributed by atoms with Gasteiger partial charge in [-0.2, -0.15) is 0 Å². The van der Waals surface area contributed by atoms with Gasteiger partial charge in [0.25, 0.3) is 0 Å². The van der Waals surface area contributed by atoms with Gasteiger partial charge in [-0.05, 0) is 25.7 Å². The Morgan fingerprint density at radius 1 is 1.04 bits per heavy atom. The van der Waals surface area contributed by atoms with Crippen LogP contribution in [-0.4, -0.2) is 60.3 Å². The van der Waals surface area contributed by atoms with Gasteiger partial charge in [0.1, 0.15) is 12.0 Å². The molecule has 3 N–H and O–H groups in total. The van der Waals surface area contributed by atoms with E-state index in [1.807, 2.05) is 4.90 Å². The summed E-state index contributed by atoms with van der Waals surface area (Å²) in [4.78, 5) is 35.6. The Kier molecular flexibility index (Phi) is 5.43. The number of carbonyl (C=O) groups is 2. The molecule has 2 fully saturated rings. The maximum Gasteiger partial charge on any atom is 0.308 e.